The van der Waals surface area contributed by atoms with Gasteiger partial charge in [-0.1, -0.05) is 12.1 Å². The molecule has 3 amide bonds. The van der Waals surface area contributed by atoms with Gasteiger partial charge in [0.2, 0.25) is 15.9 Å². The van der Waals surface area contributed by atoms with E-state index in [1.54, 1.807) is 17.0 Å². The lowest BCUT2D eigenvalue weighted by molar-refractivity contribution is -0.121. The predicted octanol–water partition coefficient (Wildman–Crippen LogP) is -0.331. The summed E-state index contributed by atoms with van der Waals surface area (Å²) in [4.78, 5) is 25.0. The summed E-state index contributed by atoms with van der Waals surface area (Å²) < 4.78 is 25.5. The van der Waals surface area contributed by atoms with Crippen molar-refractivity contribution < 1.29 is 18.0 Å². The average molecular weight is 354 g/mol. The summed E-state index contributed by atoms with van der Waals surface area (Å²) >= 11 is 0. The zero-order valence-corrected chi connectivity index (χ0v) is 14.4. The Labute approximate surface area is 141 Å². The highest BCUT2D eigenvalue weighted by atomic mass is 32.2. The molecular formula is C15H22N4O4S. The molecule has 0 saturated carbocycles. The minimum absolute atomic E-state index is 0.0958. The Morgan fingerprint density at radius 1 is 1.29 bits per heavy atom. The molecule has 1 aliphatic heterocycles. The van der Waals surface area contributed by atoms with E-state index in [1.807, 2.05) is 0 Å². The van der Waals surface area contributed by atoms with Crippen LogP contribution in [0.25, 0.3) is 0 Å². The number of aryl methyl sites for hydroxylation is 1. The van der Waals surface area contributed by atoms with Crippen molar-refractivity contribution in [3.8, 4) is 0 Å². The smallest absolute Gasteiger partial charge is 0.317 e. The number of carbonyl (C=O) groups excluding carboxylic acids is 2. The Bertz CT molecular complexity index is 688. The maximum atomic E-state index is 11.8. The lowest BCUT2D eigenvalue weighted by Gasteiger charge is -2.14. The number of nitrogens with zero attached hydrogens (tertiary/aromatic N) is 1. The van der Waals surface area contributed by atoms with E-state index < -0.39 is 10.0 Å². The Balaban J connectivity index is 1.72. The second kappa shape index (κ2) is 8.11. The van der Waals surface area contributed by atoms with E-state index in [2.05, 4.69) is 15.4 Å². The molecule has 1 fully saturated rings. The van der Waals surface area contributed by atoms with Crippen LogP contribution >= 0.6 is 0 Å². The van der Waals surface area contributed by atoms with Crippen LogP contribution in [-0.4, -0.2) is 58.5 Å². The molecule has 1 saturated heterocycles. The van der Waals surface area contributed by atoms with E-state index in [1.165, 1.54) is 19.2 Å². The highest BCUT2D eigenvalue weighted by molar-refractivity contribution is 7.89. The fourth-order valence-corrected chi connectivity index (χ4v) is 3.08. The van der Waals surface area contributed by atoms with Crippen LogP contribution in [0, 0.1) is 0 Å². The molecule has 2 rings (SSSR count). The number of carbonyl (C=O) groups is 2. The minimum Gasteiger partial charge on any atom is -0.354 e. The third-order valence-electron chi connectivity index (χ3n) is 3.79. The highest BCUT2D eigenvalue weighted by Crippen LogP contribution is 2.11. The largest absolute Gasteiger partial charge is 0.354 e. The topological polar surface area (TPSA) is 108 Å². The second-order valence-corrected chi connectivity index (χ2v) is 7.31. The van der Waals surface area contributed by atoms with Gasteiger partial charge >= 0.3 is 6.03 Å². The van der Waals surface area contributed by atoms with Gasteiger partial charge in [-0.25, -0.2) is 17.9 Å². The van der Waals surface area contributed by atoms with Gasteiger partial charge in [0.1, 0.15) is 0 Å². The fourth-order valence-electron chi connectivity index (χ4n) is 2.35. The Morgan fingerprint density at radius 2 is 2.00 bits per heavy atom. The molecule has 1 aliphatic rings. The van der Waals surface area contributed by atoms with Crippen LogP contribution in [0.2, 0.25) is 0 Å². The number of amides is 3. The molecule has 1 heterocycles. The normalized spacial score (nSPS) is 14.5. The zero-order chi connectivity index (χ0) is 17.6. The molecule has 1 aromatic rings. The van der Waals surface area contributed by atoms with Gasteiger partial charge in [0, 0.05) is 32.6 Å². The molecule has 0 aliphatic carbocycles. The summed E-state index contributed by atoms with van der Waals surface area (Å²) in [7, 11) is -2.08. The molecule has 3 N–H and O–H groups in total. The highest BCUT2D eigenvalue weighted by Gasteiger charge is 2.18. The average Bonchev–Trinajstić information content (AvgIpc) is 2.98. The Hall–Kier alpha value is -2.13. The van der Waals surface area contributed by atoms with E-state index in [9.17, 15) is 18.0 Å². The first-order valence-corrected chi connectivity index (χ1v) is 9.22. The Morgan fingerprint density at radius 3 is 2.58 bits per heavy atom. The molecule has 132 valence electrons. The lowest BCUT2D eigenvalue weighted by atomic mass is 10.1. The number of hydrogen-bond donors (Lipinski definition) is 3. The van der Waals surface area contributed by atoms with Gasteiger partial charge in [-0.15, -0.1) is 0 Å². The van der Waals surface area contributed by atoms with Gasteiger partial charge in [0.25, 0.3) is 0 Å². The second-order valence-electron chi connectivity index (χ2n) is 5.42. The molecule has 1 aromatic carbocycles. The maximum absolute atomic E-state index is 11.8. The van der Waals surface area contributed by atoms with Gasteiger partial charge in [-0.2, -0.15) is 0 Å². The molecule has 8 nitrogen and oxygen atoms in total. The molecule has 0 radical (unpaired) electrons. The molecule has 0 spiro atoms. The molecule has 0 aromatic heterocycles. The van der Waals surface area contributed by atoms with Crippen molar-refractivity contribution >= 4 is 22.0 Å². The summed E-state index contributed by atoms with van der Waals surface area (Å²) in [5.41, 5.74) is 0.888. The standard InChI is InChI=1S/C15H22N4O4S/c1-16-24(22,23)13-5-2-12(3-6-13)4-7-14(20)17-8-10-19-11-9-18-15(19)21/h2-3,5-6,16H,4,7-11H2,1H3,(H,17,20)(H,18,21). The molecule has 0 bridgehead atoms. The molecule has 0 atom stereocenters. The third kappa shape index (κ3) is 4.93. The number of hydrogen-bond acceptors (Lipinski definition) is 4. The first-order chi connectivity index (χ1) is 11.4. The lowest BCUT2D eigenvalue weighted by Crippen LogP contribution is -2.36. The molecule has 9 heteroatoms. The van der Waals surface area contributed by atoms with Crippen LogP contribution in [0.1, 0.15) is 12.0 Å². The number of urea groups is 1. The van der Waals surface area contributed by atoms with Crippen molar-refractivity contribution in [3.05, 3.63) is 29.8 Å². The van der Waals surface area contributed by atoms with Crippen molar-refractivity contribution in [1.29, 1.82) is 0 Å². The molecule has 0 unspecified atom stereocenters. The summed E-state index contributed by atoms with van der Waals surface area (Å²) in [5.74, 6) is -0.0958. The summed E-state index contributed by atoms with van der Waals surface area (Å²) in [6.45, 7) is 2.22. The van der Waals surface area contributed by atoms with Gasteiger partial charge in [0.15, 0.2) is 0 Å². The Kier molecular flexibility index (Phi) is 6.16. The van der Waals surface area contributed by atoms with E-state index in [4.69, 9.17) is 0 Å². The van der Waals surface area contributed by atoms with Crippen molar-refractivity contribution in [1.82, 2.24) is 20.3 Å². The van der Waals surface area contributed by atoms with Crippen LogP contribution in [0.3, 0.4) is 0 Å². The predicted molar refractivity (Wildman–Crippen MR) is 89.0 cm³/mol. The fraction of sp³-hybridized carbons (Fsp3) is 0.467. The van der Waals surface area contributed by atoms with Gasteiger partial charge in [-0.3, -0.25) is 4.79 Å². The monoisotopic (exact) mass is 354 g/mol. The summed E-state index contributed by atoms with van der Waals surface area (Å²) in [6.07, 6.45) is 0.834. The van der Waals surface area contributed by atoms with Gasteiger partial charge < -0.3 is 15.5 Å². The number of rotatable bonds is 8. The minimum atomic E-state index is -3.44. The number of nitrogens with one attached hydrogen (secondary N) is 3. The van der Waals surface area contributed by atoms with Gasteiger partial charge in [-0.05, 0) is 31.2 Å². The van der Waals surface area contributed by atoms with Crippen LogP contribution < -0.4 is 15.4 Å². The number of benzene rings is 1. The molecule has 24 heavy (non-hydrogen) atoms. The van der Waals surface area contributed by atoms with E-state index >= 15 is 0 Å². The summed E-state index contributed by atoms with van der Waals surface area (Å²) in [6, 6.07) is 6.34. The van der Waals surface area contributed by atoms with Crippen molar-refractivity contribution in [2.75, 3.05) is 33.2 Å². The van der Waals surface area contributed by atoms with Crippen molar-refractivity contribution in [3.63, 3.8) is 0 Å². The number of sulfonamides is 1. The SMILES string of the molecule is CNS(=O)(=O)c1ccc(CCC(=O)NCCN2CCNC2=O)cc1. The van der Waals surface area contributed by atoms with Crippen LogP contribution in [0.15, 0.2) is 29.2 Å². The van der Waals surface area contributed by atoms with E-state index in [0.717, 1.165) is 5.56 Å². The maximum Gasteiger partial charge on any atom is 0.317 e. The van der Waals surface area contributed by atoms with Crippen LogP contribution in [0.5, 0.6) is 0 Å². The first kappa shape index (κ1) is 18.2. The quantitative estimate of drug-likeness (QED) is 0.594. The molecular weight excluding hydrogens is 332 g/mol. The van der Waals surface area contributed by atoms with E-state index in [0.29, 0.717) is 39.0 Å². The van der Waals surface area contributed by atoms with E-state index in [-0.39, 0.29) is 16.8 Å². The van der Waals surface area contributed by atoms with Crippen molar-refractivity contribution in [2.24, 2.45) is 0 Å². The van der Waals surface area contributed by atoms with Crippen LogP contribution in [0.4, 0.5) is 4.79 Å². The van der Waals surface area contributed by atoms with Gasteiger partial charge in [0.05, 0.1) is 4.90 Å². The van der Waals surface area contributed by atoms with Crippen molar-refractivity contribution in [2.45, 2.75) is 17.7 Å². The first-order valence-electron chi connectivity index (χ1n) is 7.74. The van der Waals surface area contributed by atoms with Crippen LogP contribution in [-0.2, 0) is 21.2 Å². The third-order valence-corrected chi connectivity index (χ3v) is 5.22. The zero-order valence-electron chi connectivity index (χ0n) is 13.5. The summed E-state index contributed by atoms with van der Waals surface area (Å²) in [5, 5.41) is 5.48.